The summed E-state index contributed by atoms with van der Waals surface area (Å²) in [6.45, 7) is 1.77. The Morgan fingerprint density at radius 2 is 1.80 bits per heavy atom. The van der Waals surface area contributed by atoms with Gasteiger partial charge in [-0.25, -0.2) is 13.2 Å². The molecule has 2 aromatic rings. The molecule has 0 aliphatic rings. The number of hydrogen-bond donors (Lipinski definition) is 2. The third kappa shape index (κ3) is 2.60. The SMILES string of the molecule is Cc1cccc(C(N)=S)c1Nc1ccc(F)c(F)c1F. The molecule has 2 aromatic carbocycles. The second-order valence-corrected chi connectivity index (χ2v) is 4.65. The van der Waals surface area contributed by atoms with Crippen molar-refractivity contribution >= 4 is 28.6 Å². The van der Waals surface area contributed by atoms with Crippen LogP contribution in [0.15, 0.2) is 30.3 Å². The summed E-state index contributed by atoms with van der Waals surface area (Å²) in [6.07, 6.45) is 0. The third-order valence-corrected chi connectivity index (χ3v) is 3.05. The van der Waals surface area contributed by atoms with Crippen LogP contribution in [0.5, 0.6) is 0 Å². The molecule has 0 heterocycles. The number of anilines is 2. The van der Waals surface area contributed by atoms with Gasteiger partial charge in [-0.05, 0) is 30.7 Å². The van der Waals surface area contributed by atoms with E-state index in [2.05, 4.69) is 5.32 Å². The quantitative estimate of drug-likeness (QED) is 0.668. The van der Waals surface area contributed by atoms with Crippen LogP contribution in [0.1, 0.15) is 11.1 Å². The summed E-state index contributed by atoms with van der Waals surface area (Å²) < 4.78 is 39.8. The van der Waals surface area contributed by atoms with Crippen molar-refractivity contribution in [1.29, 1.82) is 0 Å². The minimum atomic E-state index is -1.53. The van der Waals surface area contributed by atoms with Crippen molar-refractivity contribution in [3.63, 3.8) is 0 Å². The van der Waals surface area contributed by atoms with Gasteiger partial charge in [0.15, 0.2) is 17.5 Å². The first-order valence-electron chi connectivity index (χ1n) is 5.71. The van der Waals surface area contributed by atoms with E-state index < -0.39 is 17.5 Å². The zero-order chi connectivity index (χ0) is 14.9. The number of nitrogens with two attached hydrogens (primary N) is 1. The largest absolute Gasteiger partial charge is 0.389 e. The zero-order valence-corrected chi connectivity index (χ0v) is 11.3. The van der Waals surface area contributed by atoms with Crippen molar-refractivity contribution < 1.29 is 13.2 Å². The Labute approximate surface area is 119 Å². The van der Waals surface area contributed by atoms with Gasteiger partial charge in [0.1, 0.15) is 4.99 Å². The van der Waals surface area contributed by atoms with Crippen LogP contribution in [0, 0.1) is 24.4 Å². The van der Waals surface area contributed by atoms with Gasteiger partial charge in [0.2, 0.25) is 0 Å². The fraction of sp³-hybridized carbons (Fsp3) is 0.0714. The van der Waals surface area contributed by atoms with E-state index in [-0.39, 0.29) is 10.7 Å². The van der Waals surface area contributed by atoms with Crippen molar-refractivity contribution in [3.8, 4) is 0 Å². The second-order valence-electron chi connectivity index (χ2n) is 4.21. The Kier molecular flexibility index (Phi) is 3.94. The Balaban J connectivity index is 2.51. The molecular weight excluding hydrogens is 285 g/mol. The maximum atomic E-state index is 13.7. The minimum Gasteiger partial charge on any atom is -0.389 e. The number of nitrogens with one attached hydrogen (secondary N) is 1. The molecule has 0 radical (unpaired) electrons. The van der Waals surface area contributed by atoms with E-state index in [9.17, 15) is 13.2 Å². The van der Waals surface area contributed by atoms with Gasteiger partial charge in [0.25, 0.3) is 0 Å². The van der Waals surface area contributed by atoms with Crippen molar-refractivity contribution in [2.45, 2.75) is 6.92 Å². The van der Waals surface area contributed by atoms with Crippen molar-refractivity contribution in [2.24, 2.45) is 5.73 Å². The molecule has 0 saturated carbocycles. The van der Waals surface area contributed by atoms with Gasteiger partial charge in [-0.3, -0.25) is 0 Å². The highest BCUT2D eigenvalue weighted by Crippen LogP contribution is 2.28. The van der Waals surface area contributed by atoms with Crippen molar-refractivity contribution in [2.75, 3.05) is 5.32 Å². The Morgan fingerprint density at radius 1 is 1.10 bits per heavy atom. The highest BCUT2D eigenvalue weighted by atomic mass is 32.1. The van der Waals surface area contributed by atoms with Gasteiger partial charge >= 0.3 is 0 Å². The van der Waals surface area contributed by atoms with Gasteiger partial charge in [-0.15, -0.1) is 0 Å². The van der Waals surface area contributed by atoms with Crippen LogP contribution in [0.25, 0.3) is 0 Å². The molecule has 0 aliphatic carbocycles. The van der Waals surface area contributed by atoms with Crippen LogP contribution in [-0.4, -0.2) is 4.99 Å². The molecule has 2 rings (SSSR count). The molecule has 0 aliphatic heterocycles. The minimum absolute atomic E-state index is 0.124. The topological polar surface area (TPSA) is 38.0 Å². The lowest BCUT2D eigenvalue weighted by atomic mass is 10.1. The lowest BCUT2D eigenvalue weighted by Gasteiger charge is -2.15. The maximum Gasteiger partial charge on any atom is 0.196 e. The molecule has 2 nitrogen and oxygen atoms in total. The molecule has 0 amide bonds. The third-order valence-electron chi connectivity index (χ3n) is 2.83. The molecular formula is C14H11F3N2S. The van der Waals surface area contributed by atoms with Crippen LogP contribution in [0.4, 0.5) is 24.5 Å². The van der Waals surface area contributed by atoms with Crippen LogP contribution < -0.4 is 11.1 Å². The predicted molar refractivity (Wildman–Crippen MR) is 76.7 cm³/mol. The van der Waals surface area contributed by atoms with Gasteiger partial charge in [0.05, 0.1) is 11.4 Å². The van der Waals surface area contributed by atoms with Crippen LogP contribution in [0.2, 0.25) is 0 Å². The summed E-state index contributed by atoms with van der Waals surface area (Å²) in [5.41, 5.74) is 7.12. The Bertz CT molecular complexity index is 686. The van der Waals surface area contributed by atoms with Crippen molar-refractivity contribution in [3.05, 3.63) is 58.9 Å². The van der Waals surface area contributed by atoms with E-state index in [1.165, 1.54) is 0 Å². The second kappa shape index (κ2) is 5.50. The summed E-state index contributed by atoms with van der Waals surface area (Å²) >= 11 is 4.91. The summed E-state index contributed by atoms with van der Waals surface area (Å²) in [5, 5.41) is 2.71. The standard InChI is InChI=1S/C14H11F3N2S/c1-7-3-2-4-8(14(18)20)13(7)19-10-6-5-9(15)11(16)12(10)17/h2-6,19H,1H3,(H2,18,20). The molecule has 0 aromatic heterocycles. The molecule has 20 heavy (non-hydrogen) atoms. The van der Waals surface area contributed by atoms with Gasteiger partial charge in [-0.2, -0.15) is 0 Å². The monoisotopic (exact) mass is 296 g/mol. The average Bonchev–Trinajstić information content (AvgIpc) is 2.41. The molecule has 0 unspecified atom stereocenters. The average molecular weight is 296 g/mol. The summed E-state index contributed by atoms with van der Waals surface area (Å²) in [7, 11) is 0. The summed E-state index contributed by atoms with van der Waals surface area (Å²) in [5.74, 6) is -4.06. The first-order valence-corrected chi connectivity index (χ1v) is 6.12. The lowest BCUT2D eigenvalue weighted by Crippen LogP contribution is -2.13. The van der Waals surface area contributed by atoms with E-state index >= 15 is 0 Å². The smallest absolute Gasteiger partial charge is 0.196 e. The molecule has 104 valence electrons. The van der Waals surface area contributed by atoms with Gasteiger partial charge in [-0.1, -0.05) is 24.4 Å². The van der Waals surface area contributed by atoms with E-state index in [0.717, 1.165) is 17.7 Å². The number of hydrogen-bond acceptors (Lipinski definition) is 2. The van der Waals surface area contributed by atoms with E-state index in [4.69, 9.17) is 18.0 Å². The molecule has 0 fully saturated rings. The van der Waals surface area contributed by atoms with Crippen LogP contribution in [0.3, 0.4) is 0 Å². The first-order chi connectivity index (χ1) is 9.41. The maximum absolute atomic E-state index is 13.7. The fourth-order valence-corrected chi connectivity index (χ4v) is 1.97. The first kappa shape index (κ1) is 14.3. The Hall–Kier alpha value is -2.08. The zero-order valence-electron chi connectivity index (χ0n) is 10.5. The highest BCUT2D eigenvalue weighted by Gasteiger charge is 2.15. The van der Waals surface area contributed by atoms with Gasteiger partial charge < -0.3 is 11.1 Å². The van der Waals surface area contributed by atoms with E-state index in [1.54, 1.807) is 25.1 Å². The number of thiocarbonyl (C=S) groups is 1. The summed E-state index contributed by atoms with van der Waals surface area (Å²) in [4.78, 5) is 0.124. The number of rotatable bonds is 3. The predicted octanol–water partition coefficient (Wildman–Crippen LogP) is 3.79. The highest BCUT2D eigenvalue weighted by molar-refractivity contribution is 7.80. The lowest BCUT2D eigenvalue weighted by molar-refractivity contribution is 0.449. The number of aryl methyl sites for hydroxylation is 1. The van der Waals surface area contributed by atoms with E-state index in [1.807, 2.05) is 0 Å². The number of para-hydroxylation sites is 1. The van der Waals surface area contributed by atoms with Gasteiger partial charge in [0, 0.05) is 5.56 Å². The van der Waals surface area contributed by atoms with Crippen LogP contribution in [-0.2, 0) is 0 Å². The van der Waals surface area contributed by atoms with E-state index in [0.29, 0.717) is 11.3 Å². The number of benzene rings is 2. The number of halogens is 3. The Morgan fingerprint density at radius 3 is 2.45 bits per heavy atom. The molecule has 0 spiro atoms. The molecule has 6 heteroatoms. The normalized spacial score (nSPS) is 10.4. The molecule has 0 atom stereocenters. The summed E-state index contributed by atoms with van der Waals surface area (Å²) in [6, 6.07) is 7.14. The molecule has 0 bridgehead atoms. The fourth-order valence-electron chi connectivity index (χ4n) is 1.80. The van der Waals surface area contributed by atoms with Crippen molar-refractivity contribution in [1.82, 2.24) is 0 Å². The van der Waals surface area contributed by atoms with Crippen LogP contribution >= 0.6 is 12.2 Å². The molecule has 3 N–H and O–H groups in total. The molecule has 0 saturated heterocycles.